The molecule has 2 N–H and O–H groups in total. The van der Waals surface area contributed by atoms with E-state index in [-0.39, 0.29) is 12.1 Å². The van der Waals surface area contributed by atoms with E-state index in [0.717, 1.165) is 15.6 Å². The number of nitrogens with one attached hydrogen (secondary N) is 1. The largest absolute Gasteiger partial charge is 0.346 e. The minimum absolute atomic E-state index is 0.147. The van der Waals surface area contributed by atoms with Crippen molar-refractivity contribution in [3.8, 4) is 0 Å². The number of carbonyl (C=O) groups is 1. The molecule has 146 valence electrons. The van der Waals surface area contributed by atoms with Gasteiger partial charge in [0, 0.05) is 32.1 Å². The minimum atomic E-state index is -2.87. The van der Waals surface area contributed by atoms with Crippen molar-refractivity contribution in [1.29, 1.82) is 0 Å². The van der Waals surface area contributed by atoms with Crippen LogP contribution in [0.5, 0.6) is 0 Å². The number of carbonyl (C=O) groups excluding carboxylic acids is 1. The van der Waals surface area contributed by atoms with Crippen LogP contribution in [0, 0.1) is 0 Å². The van der Waals surface area contributed by atoms with Crippen LogP contribution in [0.1, 0.15) is 17.0 Å². The highest BCUT2D eigenvalue weighted by Gasteiger charge is 2.25. The molecule has 1 amide bonds. The molecule has 0 radical (unpaired) electrons. The number of halogens is 3. The molecule has 4 nitrogen and oxygen atoms in total. The van der Waals surface area contributed by atoms with Gasteiger partial charge >= 0.3 is 0 Å². The Morgan fingerprint density at radius 3 is 2.54 bits per heavy atom. The lowest BCUT2D eigenvalue weighted by Crippen LogP contribution is -2.26. The second-order valence-electron chi connectivity index (χ2n) is 6.03. The van der Waals surface area contributed by atoms with Crippen LogP contribution in [0.2, 0.25) is 15.1 Å². The Bertz CT molecular complexity index is 1060. The molecule has 0 aliphatic heterocycles. The molecule has 0 fully saturated rings. The first-order valence-electron chi connectivity index (χ1n) is 8.15. The quantitative estimate of drug-likeness (QED) is 0.418. The summed E-state index contributed by atoms with van der Waals surface area (Å²) in [5, 5.41) is 6.83. The van der Waals surface area contributed by atoms with Gasteiger partial charge in [-0.1, -0.05) is 34.8 Å². The van der Waals surface area contributed by atoms with Crippen LogP contribution in [0.15, 0.2) is 48.0 Å². The lowest BCUT2D eigenvalue weighted by Gasteiger charge is -2.14. The minimum Gasteiger partial charge on any atom is -0.346 e. The van der Waals surface area contributed by atoms with Crippen LogP contribution in [-0.2, 0) is 9.36 Å². The lowest BCUT2D eigenvalue weighted by molar-refractivity contribution is -0.121. The van der Waals surface area contributed by atoms with E-state index in [0.29, 0.717) is 20.6 Å². The van der Waals surface area contributed by atoms with E-state index in [1.165, 1.54) is 17.5 Å². The molecular formula is C19H15Cl3NO3PS. The smallest absolute Gasteiger partial charge is 0.232 e. The van der Waals surface area contributed by atoms with Crippen LogP contribution >= 0.6 is 54.2 Å². The van der Waals surface area contributed by atoms with Crippen molar-refractivity contribution in [3.05, 3.63) is 74.2 Å². The van der Waals surface area contributed by atoms with Gasteiger partial charge in [0.2, 0.25) is 5.91 Å². The van der Waals surface area contributed by atoms with Crippen molar-refractivity contribution < 1.29 is 14.3 Å². The molecule has 28 heavy (non-hydrogen) atoms. The van der Waals surface area contributed by atoms with Crippen molar-refractivity contribution in [3.63, 3.8) is 0 Å². The highest BCUT2D eigenvalue weighted by Crippen LogP contribution is 2.36. The Morgan fingerprint density at radius 1 is 1.14 bits per heavy atom. The number of benzene rings is 2. The standard InChI is InChI=1S/C19H15Cl3NO3PS/c20-12-1-2-18-15(8-12)17(10-28-18)16(9-27(25)26)19(24)23-4-3-11-5-13(21)7-14(22)6-11/h1-8,10,16,27H,9H2,(H,23,24)(H,25,26)/b4-3+. The fourth-order valence-electron chi connectivity index (χ4n) is 2.80. The monoisotopic (exact) mass is 473 g/mol. The molecule has 0 saturated carbocycles. The zero-order chi connectivity index (χ0) is 20.3. The number of hydrogen-bond acceptors (Lipinski definition) is 3. The molecule has 0 aliphatic rings. The first-order valence-corrected chi connectivity index (χ1v) is 11.7. The Labute approximate surface area is 181 Å². The normalized spacial score (nSPS) is 13.7. The molecule has 3 rings (SSSR count). The predicted octanol–water partition coefficient (Wildman–Crippen LogP) is 6.20. The number of fused-ring (bicyclic) bond motifs is 1. The van der Waals surface area contributed by atoms with Gasteiger partial charge < -0.3 is 10.2 Å². The van der Waals surface area contributed by atoms with Gasteiger partial charge in [-0.2, -0.15) is 0 Å². The van der Waals surface area contributed by atoms with Gasteiger partial charge in [0.1, 0.15) is 0 Å². The van der Waals surface area contributed by atoms with Crippen molar-refractivity contribution >= 4 is 76.2 Å². The average molecular weight is 475 g/mol. The molecule has 1 aromatic heterocycles. The van der Waals surface area contributed by atoms with Gasteiger partial charge in [0.15, 0.2) is 8.03 Å². The first kappa shape index (κ1) is 21.4. The maximum absolute atomic E-state index is 12.8. The summed E-state index contributed by atoms with van der Waals surface area (Å²) in [6, 6.07) is 10.4. The van der Waals surface area contributed by atoms with Crippen molar-refractivity contribution in [2.75, 3.05) is 6.16 Å². The van der Waals surface area contributed by atoms with E-state index in [2.05, 4.69) is 5.32 Å². The number of amides is 1. The molecule has 0 aliphatic carbocycles. The van der Waals surface area contributed by atoms with E-state index in [1.54, 1.807) is 36.4 Å². The molecule has 1 heterocycles. The molecule has 2 atom stereocenters. The molecule has 0 bridgehead atoms. The highest BCUT2D eigenvalue weighted by molar-refractivity contribution is 7.38. The van der Waals surface area contributed by atoms with E-state index < -0.39 is 13.9 Å². The molecule has 2 unspecified atom stereocenters. The molecule has 9 heteroatoms. The second kappa shape index (κ2) is 9.45. The lowest BCUT2D eigenvalue weighted by atomic mass is 9.99. The Kier molecular flexibility index (Phi) is 7.21. The Hall–Kier alpha value is -1.33. The predicted molar refractivity (Wildman–Crippen MR) is 119 cm³/mol. The molecule has 0 saturated heterocycles. The van der Waals surface area contributed by atoms with Crippen LogP contribution in [-0.4, -0.2) is 17.0 Å². The fraction of sp³-hybridized carbons (Fsp3) is 0.105. The van der Waals surface area contributed by atoms with Crippen LogP contribution in [0.3, 0.4) is 0 Å². The van der Waals surface area contributed by atoms with Crippen LogP contribution in [0.4, 0.5) is 0 Å². The Morgan fingerprint density at radius 2 is 1.86 bits per heavy atom. The van der Waals surface area contributed by atoms with Gasteiger partial charge in [-0.25, -0.2) is 0 Å². The molecule has 3 aromatic rings. The van der Waals surface area contributed by atoms with Gasteiger partial charge in [-0.3, -0.25) is 9.36 Å². The topological polar surface area (TPSA) is 66.4 Å². The third-order valence-electron chi connectivity index (χ3n) is 4.02. The van der Waals surface area contributed by atoms with Gasteiger partial charge in [0.25, 0.3) is 0 Å². The summed E-state index contributed by atoms with van der Waals surface area (Å²) in [6.07, 6.45) is 2.97. The third-order valence-corrected chi connectivity index (χ3v) is 6.43. The van der Waals surface area contributed by atoms with Crippen molar-refractivity contribution in [2.45, 2.75) is 5.92 Å². The van der Waals surface area contributed by atoms with Gasteiger partial charge in [0.05, 0.1) is 5.92 Å². The summed E-state index contributed by atoms with van der Waals surface area (Å²) in [5.74, 6) is -1.15. The average Bonchev–Trinajstić information content (AvgIpc) is 3.01. The summed E-state index contributed by atoms with van der Waals surface area (Å²) in [5.41, 5.74) is 1.41. The molecule has 2 aromatic carbocycles. The van der Waals surface area contributed by atoms with Gasteiger partial charge in [-0.15, -0.1) is 11.3 Å². The highest BCUT2D eigenvalue weighted by atomic mass is 35.5. The van der Waals surface area contributed by atoms with Crippen LogP contribution in [0.25, 0.3) is 16.2 Å². The van der Waals surface area contributed by atoms with Crippen molar-refractivity contribution in [1.82, 2.24) is 5.32 Å². The first-order chi connectivity index (χ1) is 13.3. The molecule has 0 spiro atoms. The summed E-state index contributed by atoms with van der Waals surface area (Å²) < 4.78 is 12.5. The maximum atomic E-state index is 12.8. The maximum Gasteiger partial charge on any atom is 0.232 e. The van der Waals surface area contributed by atoms with E-state index in [9.17, 15) is 14.3 Å². The van der Waals surface area contributed by atoms with Crippen LogP contribution < -0.4 is 5.32 Å². The van der Waals surface area contributed by atoms with E-state index >= 15 is 0 Å². The fourth-order valence-corrected chi connectivity index (χ4v) is 5.27. The Balaban J connectivity index is 1.84. The number of rotatable bonds is 6. The summed E-state index contributed by atoms with van der Waals surface area (Å²) in [4.78, 5) is 22.2. The summed E-state index contributed by atoms with van der Waals surface area (Å²) in [6.45, 7) is 0. The zero-order valence-electron chi connectivity index (χ0n) is 14.3. The SMILES string of the molecule is O=C(N/C=C/c1cc(Cl)cc(Cl)c1)C(C[PH](=O)O)c1csc2ccc(Cl)cc12. The van der Waals surface area contributed by atoms with Gasteiger partial charge in [-0.05, 0) is 64.4 Å². The van der Waals surface area contributed by atoms with E-state index in [4.69, 9.17) is 34.8 Å². The summed E-state index contributed by atoms with van der Waals surface area (Å²) >= 11 is 19.5. The zero-order valence-corrected chi connectivity index (χ0v) is 18.4. The number of thiophene rings is 1. The van der Waals surface area contributed by atoms with E-state index in [1.807, 2.05) is 11.4 Å². The number of hydrogen-bond donors (Lipinski definition) is 2. The second-order valence-corrected chi connectivity index (χ2v) is 9.44. The third kappa shape index (κ3) is 5.38. The van der Waals surface area contributed by atoms with Crippen molar-refractivity contribution in [2.24, 2.45) is 0 Å². The summed E-state index contributed by atoms with van der Waals surface area (Å²) in [7, 11) is -2.87. The molecular weight excluding hydrogens is 460 g/mol.